The van der Waals surface area contributed by atoms with E-state index in [9.17, 15) is 18.0 Å². The van der Waals surface area contributed by atoms with Crippen molar-refractivity contribution >= 4 is 5.91 Å². The average Bonchev–Trinajstić information content (AvgIpc) is 2.54. The third kappa shape index (κ3) is 5.09. The predicted molar refractivity (Wildman–Crippen MR) is 86.2 cm³/mol. The van der Waals surface area contributed by atoms with Gasteiger partial charge in [-0.1, -0.05) is 42.5 Å². The maximum Gasteiger partial charge on any atom is 0.416 e. The van der Waals surface area contributed by atoms with Gasteiger partial charge in [0.25, 0.3) is 0 Å². The van der Waals surface area contributed by atoms with Gasteiger partial charge < -0.3 is 10.6 Å². The van der Waals surface area contributed by atoms with Gasteiger partial charge in [-0.15, -0.1) is 0 Å². The summed E-state index contributed by atoms with van der Waals surface area (Å²) in [4.78, 5) is 11.9. The van der Waals surface area contributed by atoms with Crippen LogP contribution in [0.15, 0.2) is 48.5 Å². The van der Waals surface area contributed by atoms with Crippen LogP contribution >= 0.6 is 0 Å². The quantitative estimate of drug-likeness (QED) is 0.850. The van der Waals surface area contributed by atoms with Crippen molar-refractivity contribution in [1.82, 2.24) is 10.6 Å². The highest BCUT2D eigenvalue weighted by Gasteiger charge is 2.33. The molecule has 2 aromatic carbocycles. The van der Waals surface area contributed by atoms with Crippen molar-refractivity contribution in [3.63, 3.8) is 0 Å². The summed E-state index contributed by atoms with van der Waals surface area (Å²) in [5, 5.41) is 5.69. The number of halogens is 3. The fraction of sp³-hybridized carbons (Fsp3) is 0.278. The monoisotopic (exact) mass is 336 g/mol. The summed E-state index contributed by atoms with van der Waals surface area (Å²) in [7, 11) is 1.85. The van der Waals surface area contributed by atoms with E-state index >= 15 is 0 Å². The van der Waals surface area contributed by atoms with Gasteiger partial charge in [0.15, 0.2) is 0 Å². The number of nitrogens with one attached hydrogen (secondary N) is 2. The molecule has 0 bridgehead atoms. The number of hydrogen-bond acceptors (Lipinski definition) is 2. The van der Waals surface area contributed by atoms with Gasteiger partial charge in [-0.2, -0.15) is 13.2 Å². The maximum absolute atomic E-state index is 12.9. The fourth-order valence-electron chi connectivity index (χ4n) is 2.37. The molecule has 0 spiro atoms. The summed E-state index contributed by atoms with van der Waals surface area (Å²) < 4.78 is 38.7. The SMILES string of the molecule is CNCc1ccc(CNC(=O)Cc2ccccc2C(F)(F)F)cc1. The lowest BCUT2D eigenvalue weighted by atomic mass is 10.0. The number of rotatable bonds is 6. The van der Waals surface area contributed by atoms with Crippen LogP contribution in [0.1, 0.15) is 22.3 Å². The molecular formula is C18H19F3N2O. The molecule has 0 aliphatic rings. The molecule has 128 valence electrons. The van der Waals surface area contributed by atoms with E-state index in [-0.39, 0.29) is 18.5 Å². The highest BCUT2D eigenvalue weighted by molar-refractivity contribution is 5.79. The van der Waals surface area contributed by atoms with E-state index in [0.717, 1.165) is 23.7 Å². The van der Waals surface area contributed by atoms with Gasteiger partial charge in [-0.05, 0) is 29.8 Å². The van der Waals surface area contributed by atoms with Crippen LogP contribution < -0.4 is 10.6 Å². The van der Waals surface area contributed by atoms with Gasteiger partial charge in [0.1, 0.15) is 0 Å². The summed E-state index contributed by atoms with van der Waals surface area (Å²) in [6, 6.07) is 12.8. The third-order valence-electron chi connectivity index (χ3n) is 3.57. The van der Waals surface area contributed by atoms with Crippen LogP contribution in [0.5, 0.6) is 0 Å². The molecule has 0 saturated heterocycles. The molecule has 0 atom stereocenters. The molecule has 0 aliphatic carbocycles. The minimum Gasteiger partial charge on any atom is -0.352 e. The zero-order chi connectivity index (χ0) is 17.6. The Morgan fingerprint density at radius 2 is 1.54 bits per heavy atom. The topological polar surface area (TPSA) is 41.1 Å². The molecule has 0 saturated carbocycles. The number of alkyl halides is 3. The lowest BCUT2D eigenvalue weighted by Crippen LogP contribution is -2.25. The van der Waals surface area contributed by atoms with Crippen LogP contribution in [0.4, 0.5) is 13.2 Å². The standard InChI is InChI=1S/C18H19F3N2O/c1-22-11-13-6-8-14(9-7-13)12-23-17(24)10-15-4-2-3-5-16(15)18(19,20)21/h2-9,22H,10-12H2,1H3,(H,23,24). The van der Waals surface area contributed by atoms with Crippen molar-refractivity contribution < 1.29 is 18.0 Å². The summed E-state index contributed by atoms with van der Waals surface area (Å²) in [6.07, 6.45) is -4.76. The molecule has 0 aromatic heterocycles. The van der Waals surface area contributed by atoms with Crippen molar-refractivity contribution in [3.05, 3.63) is 70.8 Å². The Morgan fingerprint density at radius 3 is 2.12 bits per heavy atom. The van der Waals surface area contributed by atoms with Crippen molar-refractivity contribution in [2.24, 2.45) is 0 Å². The molecule has 2 N–H and O–H groups in total. The Balaban J connectivity index is 1.94. The van der Waals surface area contributed by atoms with E-state index in [2.05, 4.69) is 10.6 Å². The van der Waals surface area contributed by atoms with E-state index in [1.54, 1.807) is 0 Å². The maximum atomic E-state index is 12.9. The number of hydrogen-bond donors (Lipinski definition) is 2. The highest BCUT2D eigenvalue weighted by Crippen LogP contribution is 2.31. The molecular weight excluding hydrogens is 317 g/mol. The Morgan fingerprint density at radius 1 is 0.958 bits per heavy atom. The zero-order valence-electron chi connectivity index (χ0n) is 13.3. The molecule has 2 rings (SSSR count). The normalized spacial score (nSPS) is 11.3. The van der Waals surface area contributed by atoms with Crippen LogP contribution in [0.25, 0.3) is 0 Å². The van der Waals surface area contributed by atoms with Crippen LogP contribution in [0.2, 0.25) is 0 Å². The second kappa shape index (κ2) is 7.97. The first-order valence-corrected chi connectivity index (χ1v) is 7.54. The molecule has 3 nitrogen and oxygen atoms in total. The van der Waals surface area contributed by atoms with Crippen LogP contribution in [-0.4, -0.2) is 13.0 Å². The van der Waals surface area contributed by atoms with E-state index in [4.69, 9.17) is 0 Å². The largest absolute Gasteiger partial charge is 0.416 e. The molecule has 0 heterocycles. The molecule has 0 fully saturated rings. The van der Waals surface area contributed by atoms with Gasteiger partial charge in [-0.3, -0.25) is 4.79 Å². The second-order valence-corrected chi connectivity index (χ2v) is 5.46. The van der Waals surface area contributed by atoms with Crippen molar-refractivity contribution in [3.8, 4) is 0 Å². The first kappa shape index (κ1) is 18.0. The van der Waals surface area contributed by atoms with Crippen molar-refractivity contribution in [1.29, 1.82) is 0 Å². The van der Waals surface area contributed by atoms with Gasteiger partial charge in [0.2, 0.25) is 5.91 Å². The summed E-state index contributed by atoms with van der Waals surface area (Å²) in [5.74, 6) is -0.439. The lowest BCUT2D eigenvalue weighted by Gasteiger charge is -2.12. The van der Waals surface area contributed by atoms with Gasteiger partial charge >= 0.3 is 6.18 Å². The fourth-order valence-corrected chi connectivity index (χ4v) is 2.37. The summed E-state index contributed by atoms with van der Waals surface area (Å²) in [5.41, 5.74) is 1.22. The van der Waals surface area contributed by atoms with Gasteiger partial charge in [0.05, 0.1) is 12.0 Å². The summed E-state index contributed by atoms with van der Waals surface area (Å²) >= 11 is 0. The number of carbonyl (C=O) groups is 1. The molecule has 0 radical (unpaired) electrons. The Bertz CT molecular complexity index is 681. The Kier molecular flexibility index (Phi) is 5.98. The molecule has 6 heteroatoms. The van der Waals surface area contributed by atoms with Crippen LogP contribution in [-0.2, 0) is 30.5 Å². The van der Waals surface area contributed by atoms with Crippen LogP contribution in [0, 0.1) is 0 Å². The molecule has 24 heavy (non-hydrogen) atoms. The minimum absolute atomic E-state index is 0.0214. The molecule has 0 aliphatic heterocycles. The van der Waals surface area contributed by atoms with Gasteiger partial charge in [-0.25, -0.2) is 0 Å². The van der Waals surface area contributed by atoms with E-state index < -0.39 is 17.6 Å². The van der Waals surface area contributed by atoms with E-state index in [1.807, 2.05) is 31.3 Å². The first-order chi connectivity index (χ1) is 11.4. The zero-order valence-corrected chi connectivity index (χ0v) is 13.3. The van der Waals surface area contributed by atoms with E-state index in [1.165, 1.54) is 18.2 Å². The Hall–Kier alpha value is -2.34. The second-order valence-electron chi connectivity index (χ2n) is 5.46. The van der Waals surface area contributed by atoms with Crippen LogP contribution in [0.3, 0.4) is 0 Å². The Labute approximate surface area is 138 Å². The number of carbonyl (C=O) groups excluding carboxylic acids is 1. The smallest absolute Gasteiger partial charge is 0.352 e. The number of amides is 1. The van der Waals surface area contributed by atoms with E-state index in [0.29, 0.717) is 0 Å². The minimum atomic E-state index is -4.46. The third-order valence-corrected chi connectivity index (χ3v) is 3.57. The molecule has 1 amide bonds. The summed E-state index contributed by atoms with van der Waals surface area (Å²) in [6.45, 7) is 1.04. The predicted octanol–water partition coefficient (Wildman–Crippen LogP) is 3.28. The van der Waals surface area contributed by atoms with Crippen molar-refractivity contribution in [2.75, 3.05) is 7.05 Å². The average molecular weight is 336 g/mol. The first-order valence-electron chi connectivity index (χ1n) is 7.54. The molecule has 0 unspecified atom stereocenters. The van der Waals surface area contributed by atoms with Crippen molar-refractivity contribution in [2.45, 2.75) is 25.7 Å². The number of benzene rings is 2. The molecule has 2 aromatic rings. The lowest BCUT2D eigenvalue weighted by molar-refractivity contribution is -0.138. The highest BCUT2D eigenvalue weighted by atomic mass is 19.4. The van der Waals surface area contributed by atoms with Gasteiger partial charge in [0, 0.05) is 13.1 Å².